The molecule has 0 aliphatic carbocycles. The van der Waals surface area contributed by atoms with Gasteiger partial charge < -0.3 is 13.6 Å². The van der Waals surface area contributed by atoms with Crippen LogP contribution in [0.4, 0.5) is 17.6 Å². The lowest BCUT2D eigenvalue weighted by Gasteiger charge is -2.11. The molecule has 174 valence electrons. The number of hydrogen-bond acceptors (Lipinski definition) is 7. The zero-order valence-electron chi connectivity index (χ0n) is 16.9. The van der Waals surface area contributed by atoms with Crippen LogP contribution >= 0.6 is 23.2 Å². The summed E-state index contributed by atoms with van der Waals surface area (Å²) in [5.74, 6) is -3.50. The molecule has 0 atom stereocenters. The summed E-state index contributed by atoms with van der Waals surface area (Å²) in [4.78, 5) is 3.65. The zero-order chi connectivity index (χ0) is 24.6. The molecule has 0 saturated carbocycles. The molecule has 0 N–H and O–H groups in total. The van der Waals surface area contributed by atoms with E-state index < -0.39 is 29.3 Å². The van der Waals surface area contributed by atoms with Gasteiger partial charge in [-0.3, -0.25) is 0 Å². The van der Waals surface area contributed by atoms with Gasteiger partial charge in [0.15, 0.2) is 23.2 Å². The van der Waals surface area contributed by atoms with Crippen molar-refractivity contribution in [3.05, 3.63) is 74.9 Å². The number of nitriles is 1. The number of ether oxygens (including phenoxy) is 1. The lowest BCUT2D eigenvalue weighted by Crippen LogP contribution is -2.05. The Bertz CT molecular complexity index is 1430. The Morgan fingerprint density at radius 2 is 1.88 bits per heavy atom. The highest BCUT2D eigenvalue weighted by Gasteiger charge is 2.41. The second-order valence-electron chi connectivity index (χ2n) is 6.83. The summed E-state index contributed by atoms with van der Waals surface area (Å²) >= 11 is 12.0. The molecule has 0 saturated heterocycles. The van der Waals surface area contributed by atoms with Crippen molar-refractivity contribution >= 4 is 23.2 Å². The quantitative estimate of drug-likeness (QED) is 0.272. The van der Waals surface area contributed by atoms with E-state index in [4.69, 9.17) is 37.6 Å². The van der Waals surface area contributed by atoms with E-state index in [1.807, 2.05) is 6.07 Å². The smallest absolute Gasteiger partial charge is 0.452 e. The van der Waals surface area contributed by atoms with E-state index in [1.54, 1.807) is 0 Å². The van der Waals surface area contributed by atoms with E-state index in [0.717, 1.165) is 0 Å². The Balaban J connectivity index is 1.63. The van der Waals surface area contributed by atoms with Gasteiger partial charge in [-0.05, 0) is 24.3 Å². The lowest BCUT2D eigenvalue weighted by molar-refractivity contribution is -0.152. The van der Waals surface area contributed by atoms with Crippen LogP contribution in [-0.2, 0) is 12.6 Å². The van der Waals surface area contributed by atoms with Crippen LogP contribution in [0.1, 0.15) is 28.7 Å². The average molecular weight is 513 g/mol. The van der Waals surface area contributed by atoms with Crippen LogP contribution in [0.25, 0.3) is 11.6 Å². The maximum Gasteiger partial charge on any atom is 0.452 e. The molecule has 0 bridgehead atoms. The molecule has 7 nitrogen and oxygen atoms in total. The predicted molar refractivity (Wildman–Crippen MR) is 110 cm³/mol. The third kappa shape index (κ3) is 4.83. The van der Waals surface area contributed by atoms with Crippen molar-refractivity contribution in [2.24, 2.45) is 0 Å². The SMILES string of the molecule is Cc1nc(-c2nnc(Cc3ccc(Cl)c(Oc4cc(Cl)cc(C#N)c4)c3F)o2)c(C(F)(F)F)o1. The molecule has 4 rings (SSSR count). The molecule has 13 heteroatoms. The van der Waals surface area contributed by atoms with Crippen LogP contribution in [-0.4, -0.2) is 15.2 Å². The molecule has 34 heavy (non-hydrogen) atoms. The van der Waals surface area contributed by atoms with Gasteiger partial charge in [0.2, 0.25) is 11.7 Å². The van der Waals surface area contributed by atoms with Crippen LogP contribution in [0.2, 0.25) is 10.0 Å². The largest absolute Gasteiger partial charge is 0.453 e. The molecule has 0 fully saturated rings. The highest BCUT2D eigenvalue weighted by molar-refractivity contribution is 6.32. The van der Waals surface area contributed by atoms with Gasteiger partial charge in [0, 0.05) is 17.5 Å². The minimum Gasteiger partial charge on any atom is -0.453 e. The van der Waals surface area contributed by atoms with Crippen LogP contribution in [0.15, 0.2) is 39.2 Å². The highest BCUT2D eigenvalue weighted by atomic mass is 35.5. The standard InChI is InChI=1S/C21H10Cl2F4N4O3/c1-9-29-17(19(32-9)21(25,26)27)20-31-30-15(34-20)6-11-2-3-14(23)18(16(11)24)33-13-5-10(8-28)4-12(22)7-13/h2-5,7H,6H2,1H3. The number of benzene rings is 2. The lowest BCUT2D eigenvalue weighted by atomic mass is 10.1. The molecule has 2 heterocycles. The molecule has 0 radical (unpaired) electrons. The summed E-state index contributed by atoms with van der Waals surface area (Å²) in [6.07, 6.45) is -5.12. The van der Waals surface area contributed by atoms with Crippen molar-refractivity contribution in [2.45, 2.75) is 19.5 Å². The van der Waals surface area contributed by atoms with E-state index >= 15 is 4.39 Å². The second kappa shape index (κ2) is 8.96. The molecular weight excluding hydrogens is 503 g/mol. The van der Waals surface area contributed by atoms with Crippen LogP contribution in [0, 0.1) is 24.1 Å². The summed E-state index contributed by atoms with van der Waals surface area (Å²) in [5, 5.41) is 16.4. The maximum atomic E-state index is 15.2. The third-order valence-corrected chi connectivity index (χ3v) is 4.87. The molecule has 0 aliphatic heterocycles. The van der Waals surface area contributed by atoms with E-state index in [2.05, 4.69) is 19.6 Å². The number of oxazole rings is 1. The van der Waals surface area contributed by atoms with Gasteiger partial charge in [0.25, 0.3) is 5.89 Å². The topological polar surface area (TPSA) is 98.0 Å². The molecule has 0 amide bonds. The Morgan fingerprint density at radius 3 is 2.59 bits per heavy atom. The first kappa shape index (κ1) is 23.5. The normalized spacial score (nSPS) is 11.5. The summed E-state index contributed by atoms with van der Waals surface area (Å²) < 4.78 is 70.0. The Labute approximate surface area is 198 Å². The first-order valence-corrected chi connectivity index (χ1v) is 10.0. The molecule has 0 unspecified atom stereocenters. The molecule has 4 aromatic rings. The maximum absolute atomic E-state index is 15.2. The molecule has 2 aromatic carbocycles. The predicted octanol–water partition coefficient (Wildman–Crippen LogP) is 6.75. The zero-order valence-corrected chi connectivity index (χ0v) is 18.4. The number of halogens is 6. The molecular formula is C21H10Cl2F4N4O3. The van der Waals surface area contributed by atoms with E-state index in [9.17, 15) is 13.2 Å². The van der Waals surface area contributed by atoms with Gasteiger partial charge >= 0.3 is 6.18 Å². The minimum atomic E-state index is -4.83. The van der Waals surface area contributed by atoms with Crippen molar-refractivity contribution < 1.29 is 31.1 Å². The Hall–Kier alpha value is -3.62. The fraction of sp³-hybridized carbons (Fsp3) is 0.143. The van der Waals surface area contributed by atoms with E-state index in [1.165, 1.54) is 37.3 Å². The molecule has 0 aliphatic rings. The van der Waals surface area contributed by atoms with Gasteiger partial charge in [-0.2, -0.15) is 18.4 Å². The number of rotatable bonds is 5. The van der Waals surface area contributed by atoms with Gasteiger partial charge in [0.1, 0.15) is 5.75 Å². The van der Waals surface area contributed by atoms with Crippen LogP contribution in [0.5, 0.6) is 11.5 Å². The second-order valence-corrected chi connectivity index (χ2v) is 7.67. The first-order chi connectivity index (χ1) is 16.0. The van der Waals surface area contributed by atoms with E-state index in [-0.39, 0.29) is 50.9 Å². The monoisotopic (exact) mass is 512 g/mol. The fourth-order valence-electron chi connectivity index (χ4n) is 2.96. The van der Waals surface area contributed by atoms with Gasteiger partial charge in [-0.25, -0.2) is 9.37 Å². The van der Waals surface area contributed by atoms with Crippen LogP contribution < -0.4 is 4.74 Å². The minimum absolute atomic E-state index is 0.00418. The van der Waals surface area contributed by atoms with Gasteiger partial charge in [-0.15, -0.1) is 10.2 Å². The van der Waals surface area contributed by atoms with Crippen LogP contribution in [0.3, 0.4) is 0 Å². The molecule has 2 aromatic heterocycles. The van der Waals surface area contributed by atoms with Crippen molar-refractivity contribution in [3.63, 3.8) is 0 Å². The van der Waals surface area contributed by atoms with Gasteiger partial charge in [0.05, 0.1) is 23.1 Å². The summed E-state index contributed by atoms with van der Waals surface area (Å²) in [5.41, 5.74) is -0.474. The third-order valence-electron chi connectivity index (χ3n) is 4.35. The summed E-state index contributed by atoms with van der Waals surface area (Å²) in [6.45, 7) is 1.24. The number of hydrogen-bond donors (Lipinski definition) is 0. The van der Waals surface area contributed by atoms with Crippen molar-refractivity contribution in [1.29, 1.82) is 5.26 Å². The van der Waals surface area contributed by atoms with E-state index in [0.29, 0.717) is 0 Å². The number of aromatic nitrogens is 3. The summed E-state index contributed by atoms with van der Waals surface area (Å²) in [6, 6.07) is 8.69. The molecule has 0 spiro atoms. The van der Waals surface area contributed by atoms with Gasteiger partial charge in [-0.1, -0.05) is 29.3 Å². The first-order valence-electron chi connectivity index (χ1n) is 9.28. The van der Waals surface area contributed by atoms with Crippen molar-refractivity contribution in [2.75, 3.05) is 0 Å². The number of aryl methyl sites for hydroxylation is 1. The number of nitrogens with zero attached hydrogens (tertiary/aromatic N) is 4. The Morgan fingerprint density at radius 1 is 1.12 bits per heavy atom. The highest BCUT2D eigenvalue weighted by Crippen LogP contribution is 2.38. The summed E-state index contributed by atoms with van der Waals surface area (Å²) in [7, 11) is 0. The average Bonchev–Trinajstić information content (AvgIpc) is 3.39. The van der Waals surface area contributed by atoms with Crippen molar-refractivity contribution in [3.8, 4) is 29.2 Å². The number of alkyl halides is 3. The Kier molecular flexibility index (Phi) is 6.20. The fourth-order valence-corrected chi connectivity index (χ4v) is 3.36. The van der Waals surface area contributed by atoms with Crippen molar-refractivity contribution in [1.82, 2.24) is 15.2 Å².